The molecule has 0 atom stereocenters. The third-order valence-corrected chi connectivity index (χ3v) is 12.3. The summed E-state index contributed by atoms with van der Waals surface area (Å²) in [4.78, 5) is 2.44. The molecule has 1 spiro atoms. The van der Waals surface area contributed by atoms with Crippen LogP contribution in [0, 0.1) is 0 Å². The molecule has 0 aliphatic heterocycles. The van der Waals surface area contributed by atoms with Crippen molar-refractivity contribution < 1.29 is 4.42 Å². The SMILES string of the molecule is c1ccc(-c2ccc(N(c3ccc4c(c3)C3(c5ccccc5-c5ccccc53)c3ccccc3-4)c3cc4oc5ccccc5c4cc3-c3ccccc3)cc2)cc1. The molecule has 0 unspecified atom stereocenters. The predicted molar refractivity (Wildman–Crippen MR) is 236 cm³/mol. The van der Waals surface area contributed by atoms with Crippen molar-refractivity contribution in [2.45, 2.75) is 5.41 Å². The molecule has 57 heavy (non-hydrogen) atoms. The Morgan fingerprint density at radius 2 is 0.825 bits per heavy atom. The zero-order chi connectivity index (χ0) is 37.5. The number of hydrogen-bond donors (Lipinski definition) is 0. The van der Waals surface area contributed by atoms with E-state index in [1.54, 1.807) is 0 Å². The van der Waals surface area contributed by atoms with Crippen molar-refractivity contribution in [3.63, 3.8) is 0 Å². The zero-order valence-electron chi connectivity index (χ0n) is 31.1. The molecule has 0 fully saturated rings. The monoisotopic (exact) mass is 725 g/mol. The number of nitrogens with zero attached hydrogens (tertiary/aromatic N) is 1. The van der Waals surface area contributed by atoms with Crippen LogP contribution in [0.2, 0.25) is 0 Å². The van der Waals surface area contributed by atoms with E-state index < -0.39 is 5.41 Å². The van der Waals surface area contributed by atoms with Gasteiger partial charge in [0.05, 0.1) is 11.1 Å². The minimum atomic E-state index is -0.455. The summed E-state index contributed by atoms with van der Waals surface area (Å²) in [5, 5.41) is 2.22. The molecule has 0 saturated carbocycles. The number of fused-ring (bicyclic) bond motifs is 13. The minimum Gasteiger partial charge on any atom is -0.456 e. The number of anilines is 3. The van der Waals surface area contributed by atoms with E-state index in [0.29, 0.717) is 0 Å². The Hall–Kier alpha value is -7.42. The van der Waals surface area contributed by atoms with Crippen molar-refractivity contribution in [2.24, 2.45) is 0 Å². The van der Waals surface area contributed by atoms with Crippen molar-refractivity contribution in [3.05, 3.63) is 235 Å². The maximum atomic E-state index is 6.63. The standard InChI is InChI=1S/C55H35NO/c1-3-15-36(16-4-1)37-27-29-39(30-28-37)56(52-35-54-47(45-22-10-14-26-53(45)57-54)34-46(52)38-17-5-2-6-18-38)40-31-32-44-43-21-9-13-25-50(43)55(51(44)33-40)48-23-11-7-19-41(48)42-20-8-12-24-49(42)55/h1-35H. The van der Waals surface area contributed by atoms with Crippen LogP contribution in [0.15, 0.2) is 217 Å². The van der Waals surface area contributed by atoms with Gasteiger partial charge >= 0.3 is 0 Å². The Bertz CT molecular complexity index is 3110. The molecule has 0 N–H and O–H groups in total. The fourth-order valence-corrected chi connectivity index (χ4v) is 9.88. The van der Waals surface area contributed by atoms with Gasteiger partial charge in [0.1, 0.15) is 11.2 Å². The van der Waals surface area contributed by atoms with Crippen LogP contribution in [0.1, 0.15) is 22.3 Å². The molecule has 2 heteroatoms. The van der Waals surface area contributed by atoms with Gasteiger partial charge in [-0.1, -0.05) is 170 Å². The first-order chi connectivity index (χ1) is 28.3. The molecule has 266 valence electrons. The molecule has 2 aliphatic carbocycles. The Balaban J connectivity index is 1.15. The van der Waals surface area contributed by atoms with Crippen LogP contribution >= 0.6 is 0 Å². The van der Waals surface area contributed by atoms with Gasteiger partial charge in [-0.05, 0) is 97.6 Å². The van der Waals surface area contributed by atoms with Gasteiger partial charge in [-0.2, -0.15) is 0 Å². The highest BCUT2D eigenvalue weighted by Crippen LogP contribution is 2.63. The summed E-state index contributed by atoms with van der Waals surface area (Å²) in [6.07, 6.45) is 0. The Morgan fingerprint density at radius 3 is 1.47 bits per heavy atom. The van der Waals surface area contributed by atoms with Crippen molar-refractivity contribution in [2.75, 3.05) is 4.90 Å². The van der Waals surface area contributed by atoms with E-state index in [1.165, 1.54) is 55.6 Å². The lowest BCUT2D eigenvalue weighted by Gasteiger charge is -2.32. The van der Waals surface area contributed by atoms with Gasteiger partial charge in [0.15, 0.2) is 0 Å². The average molecular weight is 726 g/mol. The van der Waals surface area contributed by atoms with Gasteiger partial charge in [0.2, 0.25) is 0 Å². The third-order valence-electron chi connectivity index (χ3n) is 12.3. The van der Waals surface area contributed by atoms with Crippen LogP contribution in [0.5, 0.6) is 0 Å². The molecule has 9 aromatic carbocycles. The van der Waals surface area contributed by atoms with Crippen molar-refractivity contribution in [3.8, 4) is 44.5 Å². The van der Waals surface area contributed by atoms with Gasteiger partial charge in [0.25, 0.3) is 0 Å². The normalized spacial score (nSPS) is 13.1. The number of hydrogen-bond acceptors (Lipinski definition) is 2. The van der Waals surface area contributed by atoms with Gasteiger partial charge in [-0.15, -0.1) is 0 Å². The number of furan rings is 1. The molecule has 2 aliphatic rings. The second kappa shape index (κ2) is 12.3. The molecule has 0 amide bonds. The van der Waals surface area contributed by atoms with Gasteiger partial charge < -0.3 is 9.32 Å². The van der Waals surface area contributed by atoms with Crippen LogP contribution in [-0.4, -0.2) is 0 Å². The highest BCUT2D eigenvalue weighted by molar-refractivity contribution is 6.09. The maximum Gasteiger partial charge on any atom is 0.137 e. The zero-order valence-corrected chi connectivity index (χ0v) is 31.1. The fraction of sp³-hybridized carbons (Fsp3) is 0.0182. The summed E-state index contributed by atoms with van der Waals surface area (Å²) in [5.74, 6) is 0. The predicted octanol–water partition coefficient (Wildman–Crippen LogP) is 14.7. The highest BCUT2D eigenvalue weighted by Gasteiger charge is 2.51. The van der Waals surface area contributed by atoms with Crippen molar-refractivity contribution in [1.29, 1.82) is 0 Å². The molecular formula is C55H35NO. The van der Waals surface area contributed by atoms with Crippen LogP contribution in [-0.2, 0) is 5.41 Å². The summed E-state index contributed by atoms with van der Waals surface area (Å²) in [6, 6.07) is 77.5. The van der Waals surface area contributed by atoms with Gasteiger partial charge in [0, 0.05) is 33.8 Å². The lowest BCUT2D eigenvalue weighted by molar-refractivity contribution is 0.669. The number of para-hydroxylation sites is 1. The van der Waals surface area contributed by atoms with Crippen LogP contribution in [0.25, 0.3) is 66.4 Å². The second-order valence-corrected chi connectivity index (χ2v) is 15.2. The topological polar surface area (TPSA) is 16.4 Å². The largest absolute Gasteiger partial charge is 0.456 e. The van der Waals surface area contributed by atoms with Crippen molar-refractivity contribution >= 4 is 39.0 Å². The molecule has 0 saturated heterocycles. The van der Waals surface area contributed by atoms with Crippen molar-refractivity contribution in [1.82, 2.24) is 0 Å². The van der Waals surface area contributed by atoms with E-state index in [4.69, 9.17) is 4.42 Å². The molecule has 0 radical (unpaired) electrons. The summed E-state index contributed by atoms with van der Waals surface area (Å²) in [5.41, 5.74) is 19.6. The van der Waals surface area contributed by atoms with Crippen LogP contribution in [0.3, 0.4) is 0 Å². The van der Waals surface area contributed by atoms with E-state index in [1.807, 2.05) is 6.07 Å². The summed E-state index contributed by atoms with van der Waals surface area (Å²) < 4.78 is 6.63. The van der Waals surface area contributed by atoms with Gasteiger partial charge in [-0.25, -0.2) is 0 Å². The smallest absolute Gasteiger partial charge is 0.137 e. The summed E-state index contributed by atoms with van der Waals surface area (Å²) in [7, 11) is 0. The lowest BCUT2D eigenvalue weighted by atomic mass is 9.70. The van der Waals surface area contributed by atoms with E-state index in [9.17, 15) is 0 Å². The highest BCUT2D eigenvalue weighted by atomic mass is 16.3. The van der Waals surface area contributed by atoms with Gasteiger partial charge in [-0.3, -0.25) is 0 Å². The molecule has 12 rings (SSSR count). The van der Waals surface area contributed by atoms with E-state index in [0.717, 1.165) is 50.1 Å². The van der Waals surface area contributed by atoms with E-state index in [2.05, 4.69) is 211 Å². The maximum absolute atomic E-state index is 6.63. The molecular weight excluding hydrogens is 691 g/mol. The molecule has 0 bridgehead atoms. The molecule has 10 aromatic rings. The first kappa shape index (κ1) is 31.9. The quantitative estimate of drug-likeness (QED) is 0.176. The third kappa shape index (κ3) is 4.59. The summed E-state index contributed by atoms with van der Waals surface area (Å²) >= 11 is 0. The summed E-state index contributed by atoms with van der Waals surface area (Å²) in [6.45, 7) is 0. The molecule has 1 aromatic heterocycles. The second-order valence-electron chi connectivity index (χ2n) is 15.2. The lowest BCUT2D eigenvalue weighted by Crippen LogP contribution is -2.26. The van der Waals surface area contributed by atoms with Crippen LogP contribution < -0.4 is 4.90 Å². The Kier molecular flexibility index (Phi) is 6.88. The first-order valence-corrected chi connectivity index (χ1v) is 19.7. The first-order valence-electron chi connectivity index (χ1n) is 19.7. The van der Waals surface area contributed by atoms with E-state index in [-0.39, 0.29) is 0 Å². The Morgan fingerprint density at radius 1 is 0.316 bits per heavy atom. The average Bonchev–Trinajstić information content (AvgIpc) is 3.90. The molecule has 1 heterocycles. The fourth-order valence-electron chi connectivity index (χ4n) is 9.88. The minimum absolute atomic E-state index is 0.455. The number of benzene rings is 9. The van der Waals surface area contributed by atoms with E-state index >= 15 is 0 Å². The van der Waals surface area contributed by atoms with Crippen LogP contribution in [0.4, 0.5) is 17.1 Å². The number of rotatable bonds is 5. The molecule has 2 nitrogen and oxygen atoms in total. The Labute approximate surface area is 331 Å².